The van der Waals surface area contributed by atoms with E-state index in [4.69, 9.17) is 14.2 Å². The number of carbonyl (C=O) groups excluding carboxylic acids is 3. The molecule has 7 fully saturated rings. The highest BCUT2D eigenvalue weighted by molar-refractivity contribution is 5.84. The maximum Gasteiger partial charge on any atom is 0.310 e. The van der Waals surface area contributed by atoms with Crippen LogP contribution in [-0.4, -0.2) is 36.7 Å². The zero-order chi connectivity index (χ0) is 26.2. The molecule has 6 saturated carbocycles. The third-order valence-corrected chi connectivity index (χ3v) is 11.9. The number of hydrogen-bond acceptors (Lipinski definition) is 6. The minimum atomic E-state index is -0.543. The van der Waals surface area contributed by atoms with Gasteiger partial charge in [-0.2, -0.15) is 0 Å². The molecule has 206 valence electrons. The summed E-state index contributed by atoms with van der Waals surface area (Å²) < 4.78 is 17.4. The predicted molar refractivity (Wildman–Crippen MR) is 137 cm³/mol. The Bertz CT molecular complexity index is 910. The lowest BCUT2D eigenvalue weighted by molar-refractivity contribution is -0.187. The fraction of sp³-hybridized carbons (Fsp3) is 0.903. The fourth-order valence-corrected chi connectivity index (χ4v) is 10.4. The Morgan fingerprint density at radius 1 is 0.919 bits per heavy atom. The second-order valence-electron chi connectivity index (χ2n) is 14.6. The van der Waals surface area contributed by atoms with Gasteiger partial charge in [0.1, 0.15) is 18.8 Å². The van der Waals surface area contributed by atoms with Gasteiger partial charge in [0.2, 0.25) is 0 Å². The molecular formula is C31H46O6. The molecule has 1 heterocycles. The quantitative estimate of drug-likeness (QED) is 0.333. The van der Waals surface area contributed by atoms with Gasteiger partial charge in [-0.3, -0.25) is 14.4 Å². The van der Waals surface area contributed by atoms with Crippen molar-refractivity contribution in [2.45, 2.75) is 98.2 Å². The van der Waals surface area contributed by atoms with Gasteiger partial charge in [0.05, 0.1) is 18.3 Å². The standard InChI is InChI=1S/C31H46O6/c1-6-31(4,5)27-22-13-21(24(27)15(2)3)25(26(22)29(33)36-20-12-23(32)35-14-20)30(34)37-28-18-8-16-7-17(10-18)11-19(28)9-16/h15-22,24-28H,6-14H2,1-5H3. The zero-order valence-electron chi connectivity index (χ0n) is 23.3. The first kappa shape index (κ1) is 25.7. The molecule has 7 rings (SSSR count). The van der Waals surface area contributed by atoms with Crippen LogP contribution in [0.2, 0.25) is 0 Å². The summed E-state index contributed by atoms with van der Waals surface area (Å²) in [7, 11) is 0. The van der Waals surface area contributed by atoms with Crippen molar-refractivity contribution in [1.29, 1.82) is 0 Å². The second kappa shape index (κ2) is 9.26. The Labute approximate surface area is 221 Å². The van der Waals surface area contributed by atoms with Crippen molar-refractivity contribution in [3.05, 3.63) is 0 Å². The summed E-state index contributed by atoms with van der Waals surface area (Å²) in [4.78, 5) is 39.6. The Morgan fingerprint density at radius 3 is 2.05 bits per heavy atom. The van der Waals surface area contributed by atoms with Crippen LogP contribution >= 0.6 is 0 Å². The topological polar surface area (TPSA) is 78.9 Å². The van der Waals surface area contributed by atoms with Gasteiger partial charge in [-0.15, -0.1) is 0 Å². The average Bonchev–Trinajstić information content (AvgIpc) is 3.53. The van der Waals surface area contributed by atoms with Crippen LogP contribution in [0.3, 0.4) is 0 Å². The molecule has 0 aromatic heterocycles. The minimum Gasteiger partial charge on any atom is -0.462 e. The van der Waals surface area contributed by atoms with E-state index in [1.54, 1.807) is 0 Å². The number of carbonyl (C=O) groups is 3. The molecule has 0 radical (unpaired) electrons. The molecule has 1 saturated heterocycles. The van der Waals surface area contributed by atoms with E-state index >= 15 is 0 Å². The maximum atomic E-state index is 14.1. The first-order valence-corrected chi connectivity index (χ1v) is 15.1. The van der Waals surface area contributed by atoms with Crippen molar-refractivity contribution in [2.24, 2.45) is 70.5 Å². The molecular weight excluding hydrogens is 468 g/mol. The van der Waals surface area contributed by atoms with Crippen molar-refractivity contribution in [3.8, 4) is 0 Å². The molecule has 6 bridgehead atoms. The van der Waals surface area contributed by atoms with Crippen molar-refractivity contribution < 1.29 is 28.6 Å². The molecule has 6 nitrogen and oxygen atoms in total. The second-order valence-corrected chi connectivity index (χ2v) is 14.6. The summed E-state index contributed by atoms with van der Waals surface area (Å²) in [5.41, 5.74) is 0.0651. The van der Waals surface area contributed by atoms with Crippen LogP contribution in [0.15, 0.2) is 0 Å². The van der Waals surface area contributed by atoms with Gasteiger partial charge in [0.15, 0.2) is 0 Å². The van der Waals surface area contributed by atoms with Gasteiger partial charge >= 0.3 is 17.9 Å². The van der Waals surface area contributed by atoms with Crippen LogP contribution in [0.4, 0.5) is 0 Å². The minimum absolute atomic E-state index is 0.0253. The normalized spacial score (nSPS) is 45.9. The van der Waals surface area contributed by atoms with E-state index in [-0.39, 0.29) is 54.3 Å². The van der Waals surface area contributed by atoms with Crippen molar-refractivity contribution in [1.82, 2.24) is 0 Å². The SMILES string of the molecule is CCC(C)(C)C1C2CC(C(C(=O)OC3C4CC5CC(C4)CC3C5)C2C(=O)OC2COC(=O)C2)C1C(C)C. The van der Waals surface area contributed by atoms with E-state index in [2.05, 4.69) is 34.6 Å². The lowest BCUT2D eigenvalue weighted by Crippen LogP contribution is -2.53. The van der Waals surface area contributed by atoms with Gasteiger partial charge in [-0.25, -0.2) is 0 Å². The Hall–Kier alpha value is -1.59. The van der Waals surface area contributed by atoms with Crippen LogP contribution in [-0.2, 0) is 28.6 Å². The summed E-state index contributed by atoms with van der Waals surface area (Å²) in [6.45, 7) is 11.5. The number of cyclic esters (lactones) is 1. The highest BCUT2D eigenvalue weighted by Gasteiger charge is 2.66. The largest absolute Gasteiger partial charge is 0.462 e. The van der Waals surface area contributed by atoms with Gasteiger partial charge in [-0.05, 0) is 97.2 Å². The van der Waals surface area contributed by atoms with E-state index in [9.17, 15) is 14.4 Å². The van der Waals surface area contributed by atoms with Crippen LogP contribution in [0, 0.1) is 70.5 Å². The van der Waals surface area contributed by atoms with E-state index in [1.165, 1.54) is 32.1 Å². The highest BCUT2D eigenvalue weighted by atomic mass is 16.6. The van der Waals surface area contributed by atoms with Gasteiger partial charge in [0.25, 0.3) is 0 Å². The maximum absolute atomic E-state index is 14.1. The molecule has 0 aromatic rings. The zero-order valence-corrected chi connectivity index (χ0v) is 23.3. The predicted octanol–water partition coefficient (Wildman–Crippen LogP) is 5.42. The number of hydrogen-bond donors (Lipinski definition) is 0. The lowest BCUT2D eigenvalue weighted by atomic mass is 9.55. The molecule has 6 heteroatoms. The van der Waals surface area contributed by atoms with Crippen molar-refractivity contribution in [3.63, 3.8) is 0 Å². The number of fused-ring (bicyclic) bond motifs is 2. The molecule has 7 atom stereocenters. The first-order chi connectivity index (χ1) is 17.6. The van der Waals surface area contributed by atoms with Crippen LogP contribution in [0.25, 0.3) is 0 Å². The molecule has 0 aromatic carbocycles. The Morgan fingerprint density at radius 2 is 1.51 bits per heavy atom. The summed E-state index contributed by atoms with van der Waals surface area (Å²) in [6, 6.07) is 0. The van der Waals surface area contributed by atoms with Crippen LogP contribution < -0.4 is 0 Å². The average molecular weight is 515 g/mol. The number of esters is 3. The summed E-state index contributed by atoms with van der Waals surface area (Å²) >= 11 is 0. The van der Waals surface area contributed by atoms with Gasteiger partial charge in [0, 0.05) is 0 Å². The van der Waals surface area contributed by atoms with Crippen LogP contribution in [0.5, 0.6) is 0 Å². The molecule has 7 unspecified atom stereocenters. The van der Waals surface area contributed by atoms with Crippen LogP contribution in [0.1, 0.15) is 86.0 Å². The molecule has 0 N–H and O–H groups in total. The monoisotopic (exact) mass is 514 g/mol. The van der Waals surface area contributed by atoms with E-state index in [0.29, 0.717) is 29.6 Å². The number of ether oxygens (including phenoxy) is 3. The highest BCUT2D eigenvalue weighted by Crippen LogP contribution is 2.66. The summed E-state index contributed by atoms with van der Waals surface area (Å²) in [5.74, 6) is 2.33. The Balaban J connectivity index is 1.27. The third-order valence-electron chi connectivity index (χ3n) is 11.9. The molecule has 7 aliphatic rings. The molecule has 0 spiro atoms. The van der Waals surface area contributed by atoms with E-state index < -0.39 is 17.9 Å². The molecule has 37 heavy (non-hydrogen) atoms. The fourth-order valence-electron chi connectivity index (χ4n) is 10.4. The third kappa shape index (κ3) is 4.23. The van der Waals surface area contributed by atoms with Crippen molar-refractivity contribution >= 4 is 17.9 Å². The van der Waals surface area contributed by atoms with Gasteiger partial charge in [-0.1, -0.05) is 41.0 Å². The Kier molecular flexibility index (Phi) is 6.42. The molecule has 0 amide bonds. The first-order valence-electron chi connectivity index (χ1n) is 15.1. The van der Waals surface area contributed by atoms with Gasteiger partial charge < -0.3 is 14.2 Å². The van der Waals surface area contributed by atoms with E-state index in [1.807, 2.05) is 0 Å². The lowest BCUT2D eigenvalue weighted by Gasteiger charge is -2.54. The number of rotatable bonds is 7. The summed E-state index contributed by atoms with van der Waals surface area (Å²) in [6.07, 6.45) is 7.66. The molecule has 1 aliphatic heterocycles. The smallest absolute Gasteiger partial charge is 0.310 e. The summed E-state index contributed by atoms with van der Waals surface area (Å²) in [5, 5.41) is 0. The molecule has 6 aliphatic carbocycles. The van der Waals surface area contributed by atoms with Crippen molar-refractivity contribution in [2.75, 3.05) is 6.61 Å². The van der Waals surface area contributed by atoms with E-state index in [0.717, 1.165) is 24.7 Å².